The van der Waals surface area contributed by atoms with Crippen molar-refractivity contribution >= 4 is 0 Å². The second-order valence-corrected chi connectivity index (χ2v) is 6.45. The SMILES string of the molecule is OC(COCc1ccco1)CN1CCC(O)(c2ccccc2)CC1. The van der Waals surface area contributed by atoms with Crippen molar-refractivity contribution < 1.29 is 19.4 Å². The Labute approximate surface area is 142 Å². The van der Waals surface area contributed by atoms with Crippen LogP contribution >= 0.6 is 0 Å². The van der Waals surface area contributed by atoms with Crippen molar-refractivity contribution in [3.05, 3.63) is 60.1 Å². The van der Waals surface area contributed by atoms with Crippen LogP contribution in [0, 0.1) is 0 Å². The Balaban J connectivity index is 1.40. The van der Waals surface area contributed by atoms with Crippen molar-refractivity contribution in [3.8, 4) is 0 Å². The molecule has 1 atom stereocenters. The number of aliphatic hydroxyl groups excluding tert-OH is 1. The molecule has 1 aliphatic rings. The quantitative estimate of drug-likeness (QED) is 0.814. The van der Waals surface area contributed by atoms with Crippen LogP contribution in [-0.4, -0.2) is 47.5 Å². The summed E-state index contributed by atoms with van der Waals surface area (Å²) in [4.78, 5) is 2.18. The summed E-state index contributed by atoms with van der Waals surface area (Å²) in [5, 5.41) is 20.9. The second-order valence-electron chi connectivity index (χ2n) is 6.45. The normalized spacial score (nSPS) is 19.2. The zero-order valence-electron chi connectivity index (χ0n) is 13.8. The van der Waals surface area contributed by atoms with E-state index in [1.54, 1.807) is 6.26 Å². The van der Waals surface area contributed by atoms with Crippen LogP contribution in [0.4, 0.5) is 0 Å². The largest absolute Gasteiger partial charge is 0.467 e. The number of likely N-dealkylation sites (tertiary alicyclic amines) is 1. The predicted molar refractivity (Wildman–Crippen MR) is 90.4 cm³/mol. The summed E-state index contributed by atoms with van der Waals surface area (Å²) in [5.74, 6) is 0.757. The zero-order valence-corrected chi connectivity index (χ0v) is 13.8. The fraction of sp³-hybridized carbons (Fsp3) is 0.474. The molecule has 0 bridgehead atoms. The van der Waals surface area contributed by atoms with Crippen LogP contribution in [0.3, 0.4) is 0 Å². The van der Waals surface area contributed by atoms with Gasteiger partial charge in [-0.05, 0) is 30.5 Å². The number of furan rings is 1. The van der Waals surface area contributed by atoms with E-state index in [1.807, 2.05) is 42.5 Å². The highest BCUT2D eigenvalue weighted by Crippen LogP contribution is 2.32. The lowest BCUT2D eigenvalue weighted by molar-refractivity contribution is -0.0449. The van der Waals surface area contributed by atoms with Gasteiger partial charge in [0.2, 0.25) is 0 Å². The second kappa shape index (κ2) is 7.94. The van der Waals surface area contributed by atoms with E-state index >= 15 is 0 Å². The van der Waals surface area contributed by atoms with Gasteiger partial charge in [-0.3, -0.25) is 0 Å². The van der Waals surface area contributed by atoms with Gasteiger partial charge in [0.1, 0.15) is 12.4 Å². The van der Waals surface area contributed by atoms with Gasteiger partial charge in [-0.25, -0.2) is 0 Å². The highest BCUT2D eigenvalue weighted by molar-refractivity contribution is 5.22. The number of piperidine rings is 1. The Morgan fingerprint density at radius 1 is 1.12 bits per heavy atom. The molecule has 3 rings (SSSR count). The molecule has 1 saturated heterocycles. The summed E-state index contributed by atoms with van der Waals surface area (Å²) < 4.78 is 10.7. The average Bonchev–Trinajstić information content (AvgIpc) is 3.11. The standard InChI is InChI=1S/C19H25NO4/c21-17(14-23-15-18-7-4-12-24-18)13-20-10-8-19(22,9-11-20)16-5-2-1-3-6-16/h1-7,12,17,21-22H,8-11,13-15H2. The van der Waals surface area contributed by atoms with Gasteiger partial charge in [0.15, 0.2) is 0 Å². The summed E-state index contributed by atoms with van der Waals surface area (Å²) in [6, 6.07) is 13.5. The van der Waals surface area contributed by atoms with Crippen LogP contribution in [0.5, 0.6) is 0 Å². The predicted octanol–water partition coefficient (Wildman–Crippen LogP) is 2.14. The monoisotopic (exact) mass is 331 g/mol. The minimum Gasteiger partial charge on any atom is -0.467 e. The van der Waals surface area contributed by atoms with Crippen molar-refractivity contribution in [2.45, 2.75) is 31.2 Å². The molecule has 0 radical (unpaired) electrons. The van der Waals surface area contributed by atoms with E-state index in [2.05, 4.69) is 4.90 Å². The zero-order chi connectivity index (χ0) is 16.8. The molecule has 2 heterocycles. The number of hydrogen-bond donors (Lipinski definition) is 2. The molecule has 2 aromatic rings. The number of nitrogens with zero attached hydrogens (tertiary/aromatic N) is 1. The molecule has 0 amide bonds. The topological polar surface area (TPSA) is 66.1 Å². The van der Waals surface area contributed by atoms with Crippen LogP contribution in [-0.2, 0) is 16.9 Å². The third kappa shape index (κ3) is 4.45. The Hall–Kier alpha value is -1.66. The van der Waals surface area contributed by atoms with Gasteiger partial charge in [-0.2, -0.15) is 0 Å². The van der Waals surface area contributed by atoms with Gasteiger partial charge in [0.25, 0.3) is 0 Å². The maximum absolute atomic E-state index is 10.8. The Kier molecular flexibility index (Phi) is 5.68. The summed E-state index contributed by atoms with van der Waals surface area (Å²) in [5.41, 5.74) is 0.227. The number of ether oxygens (including phenoxy) is 1. The molecular formula is C19H25NO4. The number of benzene rings is 1. The molecule has 130 valence electrons. The summed E-state index contributed by atoms with van der Waals surface area (Å²) in [6.07, 6.45) is 2.42. The molecule has 5 nitrogen and oxygen atoms in total. The third-order valence-corrected chi connectivity index (χ3v) is 4.60. The lowest BCUT2D eigenvalue weighted by Gasteiger charge is -2.39. The van der Waals surface area contributed by atoms with Gasteiger partial charge in [0, 0.05) is 19.6 Å². The van der Waals surface area contributed by atoms with Gasteiger partial charge < -0.3 is 24.3 Å². The molecule has 1 unspecified atom stereocenters. The van der Waals surface area contributed by atoms with E-state index in [9.17, 15) is 10.2 Å². The van der Waals surface area contributed by atoms with E-state index in [0.717, 1.165) is 24.4 Å². The van der Waals surface area contributed by atoms with Crippen molar-refractivity contribution in [2.75, 3.05) is 26.2 Å². The van der Waals surface area contributed by atoms with Gasteiger partial charge in [-0.15, -0.1) is 0 Å². The van der Waals surface area contributed by atoms with Crippen LogP contribution in [0.15, 0.2) is 53.1 Å². The smallest absolute Gasteiger partial charge is 0.129 e. The first kappa shape index (κ1) is 17.2. The summed E-state index contributed by atoms with van der Waals surface area (Å²) >= 11 is 0. The maximum Gasteiger partial charge on any atom is 0.129 e. The molecule has 0 spiro atoms. The Morgan fingerprint density at radius 3 is 2.54 bits per heavy atom. The van der Waals surface area contributed by atoms with Crippen LogP contribution in [0.2, 0.25) is 0 Å². The number of rotatable bonds is 7. The average molecular weight is 331 g/mol. The van der Waals surface area contributed by atoms with Crippen molar-refractivity contribution in [2.24, 2.45) is 0 Å². The van der Waals surface area contributed by atoms with E-state index < -0.39 is 11.7 Å². The minimum absolute atomic E-state index is 0.278. The van der Waals surface area contributed by atoms with Gasteiger partial charge in [0.05, 0.1) is 24.6 Å². The summed E-state index contributed by atoms with van der Waals surface area (Å²) in [7, 11) is 0. The highest BCUT2D eigenvalue weighted by atomic mass is 16.5. The fourth-order valence-electron chi connectivity index (χ4n) is 3.18. The Bertz CT molecular complexity index is 591. The molecule has 5 heteroatoms. The van der Waals surface area contributed by atoms with E-state index in [1.165, 1.54) is 0 Å². The summed E-state index contributed by atoms with van der Waals surface area (Å²) in [6.45, 7) is 2.74. The molecule has 1 fully saturated rings. The van der Waals surface area contributed by atoms with E-state index in [-0.39, 0.29) is 6.61 Å². The van der Waals surface area contributed by atoms with E-state index in [0.29, 0.717) is 26.0 Å². The van der Waals surface area contributed by atoms with Crippen LogP contribution in [0.25, 0.3) is 0 Å². The highest BCUT2D eigenvalue weighted by Gasteiger charge is 2.34. The van der Waals surface area contributed by atoms with E-state index in [4.69, 9.17) is 9.15 Å². The molecule has 0 aliphatic carbocycles. The molecule has 24 heavy (non-hydrogen) atoms. The third-order valence-electron chi connectivity index (χ3n) is 4.60. The number of β-amino-alcohol motifs (C(OH)–C–C–N with tert-alkyl or cyclic N) is 1. The maximum atomic E-state index is 10.8. The number of hydrogen-bond acceptors (Lipinski definition) is 5. The van der Waals surface area contributed by atoms with Crippen molar-refractivity contribution in [1.29, 1.82) is 0 Å². The van der Waals surface area contributed by atoms with Gasteiger partial charge in [-0.1, -0.05) is 30.3 Å². The van der Waals surface area contributed by atoms with Crippen LogP contribution < -0.4 is 0 Å². The molecular weight excluding hydrogens is 306 g/mol. The van der Waals surface area contributed by atoms with Crippen molar-refractivity contribution in [1.82, 2.24) is 4.90 Å². The van der Waals surface area contributed by atoms with Crippen LogP contribution in [0.1, 0.15) is 24.2 Å². The first-order valence-electron chi connectivity index (χ1n) is 8.44. The molecule has 0 saturated carbocycles. The molecule has 1 aliphatic heterocycles. The lowest BCUT2D eigenvalue weighted by atomic mass is 9.84. The number of aliphatic hydroxyl groups is 2. The van der Waals surface area contributed by atoms with Gasteiger partial charge >= 0.3 is 0 Å². The first-order chi connectivity index (χ1) is 11.7. The van der Waals surface area contributed by atoms with Crippen molar-refractivity contribution in [3.63, 3.8) is 0 Å². The Morgan fingerprint density at radius 2 is 1.88 bits per heavy atom. The molecule has 1 aromatic carbocycles. The lowest BCUT2D eigenvalue weighted by Crippen LogP contribution is -2.45. The fourth-order valence-corrected chi connectivity index (χ4v) is 3.18. The minimum atomic E-state index is -0.751. The molecule has 2 N–H and O–H groups in total. The first-order valence-corrected chi connectivity index (χ1v) is 8.44. The molecule has 1 aromatic heterocycles.